The Bertz CT molecular complexity index is 929. The van der Waals surface area contributed by atoms with Crippen molar-refractivity contribution in [1.82, 2.24) is 0 Å². The Kier molecular flexibility index (Phi) is 5.34. The number of aliphatic hydroxyl groups excluding tert-OH is 2. The van der Waals surface area contributed by atoms with Crippen molar-refractivity contribution in [3.05, 3.63) is 29.3 Å². The van der Waals surface area contributed by atoms with Crippen molar-refractivity contribution in [3.63, 3.8) is 0 Å². The molecule has 1 heterocycles. The lowest BCUT2D eigenvalue weighted by Crippen LogP contribution is -2.57. The number of rotatable bonds is 3. The summed E-state index contributed by atoms with van der Waals surface area (Å²) in [6, 6.07) is 5.92. The average molecular weight is 445 g/mol. The molecule has 0 spiro atoms. The topological polar surface area (TPSA) is 113 Å². The Balaban J connectivity index is 1.35. The van der Waals surface area contributed by atoms with Crippen LogP contribution in [0.25, 0.3) is 0 Å². The van der Waals surface area contributed by atoms with Gasteiger partial charge in [-0.15, -0.1) is 0 Å². The molecule has 7 nitrogen and oxygen atoms in total. The summed E-state index contributed by atoms with van der Waals surface area (Å²) in [7, 11) is 0. The molecular weight excluding hydrogens is 412 g/mol. The molecule has 1 aliphatic heterocycles. The number of hydrogen-bond acceptors (Lipinski definition) is 6. The predicted octanol–water partition coefficient (Wildman–Crippen LogP) is 2.66. The van der Waals surface area contributed by atoms with Crippen LogP contribution in [0, 0.1) is 23.2 Å². The summed E-state index contributed by atoms with van der Waals surface area (Å²) in [5.41, 5.74) is 2.40. The molecule has 1 saturated heterocycles. The van der Waals surface area contributed by atoms with Gasteiger partial charge in [0, 0.05) is 17.8 Å². The number of hydrogen-bond donors (Lipinski definition) is 3. The molecule has 1 aromatic carbocycles. The number of carbonyl (C=O) groups is 2. The molecule has 1 aromatic rings. The van der Waals surface area contributed by atoms with E-state index in [1.54, 1.807) is 6.92 Å². The number of benzene rings is 1. The van der Waals surface area contributed by atoms with Crippen molar-refractivity contribution >= 4 is 11.8 Å². The fraction of sp³-hybridized carbons (Fsp3) is 0.680. The molecule has 174 valence electrons. The van der Waals surface area contributed by atoms with E-state index in [4.69, 9.17) is 9.47 Å². The highest BCUT2D eigenvalue weighted by Gasteiger charge is 2.54. The van der Waals surface area contributed by atoms with Crippen LogP contribution in [0.3, 0.4) is 0 Å². The van der Waals surface area contributed by atoms with Crippen molar-refractivity contribution in [3.8, 4) is 5.75 Å². The Morgan fingerprint density at radius 3 is 2.69 bits per heavy atom. The van der Waals surface area contributed by atoms with Crippen LogP contribution >= 0.6 is 0 Å². The zero-order chi connectivity index (χ0) is 22.8. The summed E-state index contributed by atoms with van der Waals surface area (Å²) < 4.78 is 11.3. The Labute approximate surface area is 187 Å². The Morgan fingerprint density at radius 2 is 1.94 bits per heavy atom. The monoisotopic (exact) mass is 444 g/mol. The molecule has 5 rings (SSSR count). The Hall–Kier alpha value is -1.96. The second kappa shape index (κ2) is 7.82. The van der Waals surface area contributed by atoms with Gasteiger partial charge in [0.15, 0.2) is 6.10 Å². The van der Waals surface area contributed by atoms with Gasteiger partial charge in [-0.3, -0.25) is 4.79 Å². The largest absolute Gasteiger partial charge is 0.479 e. The summed E-state index contributed by atoms with van der Waals surface area (Å²) in [4.78, 5) is 23.9. The van der Waals surface area contributed by atoms with E-state index in [1.807, 2.05) is 12.1 Å². The van der Waals surface area contributed by atoms with Gasteiger partial charge in [-0.05, 0) is 73.1 Å². The number of Topliss-reactive ketones (excluding diaryl/α,β-unsaturated/α-hetero) is 1. The van der Waals surface area contributed by atoms with Gasteiger partial charge in [0.25, 0.3) is 0 Å². The summed E-state index contributed by atoms with van der Waals surface area (Å²) in [6.45, 7) is 3.76. The zero-order valence-corrected chi connectivity index (χ0v) is 18.6. The summed E-state index contributed by atoms with van der Waals surface area (Å²) in [5.74, 6) is 0.470. The first-order valence-corrected chi connectivity index (χ1v) is 11.8. The van der Waals surface area contributed by atoms with Crippen LogP contribution < -0.4 is 4.74 Å². The molecule has 0 bridgehead atoms. The minimum absolute atomic E-state index is 0.141. The molecular formula is C25H32O7. The lowest BCUT2D eigenvalue weighted by Gasteiger charge is -2.48. The Morgan fingerprint density at radius 1 is 1.16 bits per heavy atom. The van der Waals surface area contributed by atoms with Crippen LogP contribution in [0.5, 0.6) is 5.75 Å². The number of carbonyl (C=O) groups excluding carboxylic acids is 1. The number of carboxylic acid groups (broad SMARTS) is 1. The van der Waals surface area contributed by atoms with E-state index in [9.17, 15) is 24.9 Å². The van der Waals surface area contributed by atoms with Crippen LogP contribution in [-0.2, 0) is 20.7 Å². The highest BCUT2D eigenvalue weighted by atomic mass is 16.7. The van der Waals surface area contributed by atoms with Crippen LogP contribution in [-0.4, -0.2) is 51.7 Å². The second-order valence-corrected chi connectivity index (χ2v) is 10.4. The fourth-order valence-electron chi connectivity index (χ4n) is 6.87. The van der Waals surface area contributed by atoms with Crippen molar-refractivity contribution in [2.75, 3.05) is 0 Å². The summed E-state index contributed by atoms with van der Waals surface area (Å²) in [6.07, 6.45) is 0.629. The first-order chi connectivity index (χ1) is 15.2. The molecule has 7 heteroatoms. The van der Waals surface area contributed by atoms with Crippen LogP contribution in [0.4, 0.5) is 0 Å². The van der Waals surface area contributed by atoms with Gasteiger partial charge in [0.2, 0.25) is 6.29 Å². The molecule has 3 N–H and O–H groups in total. The highest BCUT2D eigenvalue weighted by molar-refractivity contribution is 5.87. The van der Waals surface area contributed by atoms with E-state index in [-0.39, 0.29) is 5.41 Å². The minimum atomic E-state index is -1.44. The summed E-state index contributed by atoms with van der Waals surface area (Å²) in [5, 5.41) is 29.9. The third-order valence-corrected chi connectivity index (χ3v) is 8.85. The molecule has 0 amide bonds. The van der Waals surface area contributed by atoms with Crippen molar-refractivity contribution < 1.29 is 34.4 Å². The van der Waals surface area contributed by atoms with Crippen LogP contribution in [0.15, 0.2) is 18.2 Å². The van der Waals surface area contributed by atoms with E-state index < -0.39 is 36.5 Å². The lowest BCUT2D eigenvalue weighted by atomic mass is 9.55. The van der Waals surface area contributed by atoms with Gasteiger partial charge in [-0.25, -0.2) is 4.79 Å². The number of carboxylic acids is 1. The van der Waals surface area contributed by atoms with Crippen molar-refractivity contribution in [2.45, 2.75) is 82.9 Å². The molecule has 4 aliphatic rings. The van der Waals surface area contributed by atoms with Gasteiger partial charge in [0.05, 0.1) is 6.10 Å². The van der Waals surface area contributed by atoms with E-state index in [0.717, 1.165) is 38.5 Å². The van der Waals surface area contributed by atoms with Gasteiger partial charge >= 0.3 is 5.97 Å². The predicted molar refractivity (Wildman–Crippen MR) is 114 cm³/mol. The van der Waals surface area contributed by atoms with E-state index in [2.05, 4.69) is 13.0 Å². The number of ether oxygens (including phenoxy) is 2. The third-order valence-electron chi connectivity index (χ3n) is 8.85. The maximum absolute atomic E-state index is 12.5. The molecule has 2 saturated carbocycles. The molecule has 3 fully saturated rings. The zero-order valence-electron chi connectivity index (χ0n) is 18.6. The molecule has 0 unspecified atom stereocenters. The standard InChI is InChI=1S/C25H32O7/c1-12-20(27)22(23(29)30)32-24(21(12)28)31-14-4-6-15-13(11-14)3-5-17-16(15)9-10-25(2)18(17)7-8-19(25)26/h4,6,11-12,16-18,20-22,24,27-28H,3,5,7-10H2,1-2H3,(H,29,30)/t12-,16+,17+,18-,20-,21+,22-,24+,25-/m0/s1. The highest BCUT2D eigenvalue weighted by Crippen LogP contribution is 2.59. The number of aliphatic carboxylic acids is 1. The number of ketones is 1. The smallest absolute Gasteiger partial charge is 0.335 e. The van der Waals surface area contributed by atoms with Crippen LogP contribution in [0.1, 0.15) is 63.0 Å². The van der Waals surface area contributed by atoms with E-state index >= 15 is 0 Å². The van der Waals surface area contributed by atoms with E-state index in [0.29, 0.717) is 29.3 Å². The minimum Gasteiger partial charge on any atom is -0.479 e. The average Bonchev–Trinajstić information content (AvgIpc) is 3.08. The van der Waals surface area contributed by atoms with Gasteiger partial charge in [0.1, 0.15) is 17.6 Å². The molecule has 0 aromatic heterocycles. The number of aryl methyl sites for hydroxylation is 1. The quantitative estimate of drug-likeness (QED) is 0.657. The lowest BCUT2D eigenvalue weighted by molar-refractivity contribution is -0.255. The van der Waals surface area contributed by atoms with Crippen LogP contribution in [0.2, 0.25) is 0 Å². The molecule has 9 atom stereocenters. The van der Waals surface area contributed by atoms with E-state index in [1.165, 1.54) is 11.1 Å². The van der Waals surface area contributed by atoms with Crippen molar-refractivity contribution in [2.24, 2.45) is 23.2 Å². The third kappa shape index (κ3) is 3.28. The first-order valence-electron chi connectivity index (χ1n) is 11.8. The molecule has 32 heavy (non-hydrogen) atoms. The van der Waals surface area contributed by atoms with Gasteiger partial charge in [-0.1, -0.05) is 19.9 Å². The normalized spacial score (nSPS) is 43.2. The van der Waals surface area contributed by atoms with Gasteiger partial charge in [-0.2, -0.15) is 0 Å². The number of fused-ring (bicyclic) bond motifs is 5. The number of aliphatic hydroxyl groups is 2. The maximum atomic E-state index is 12.5. The molecule has 0 radical (unpaired) electrons. The SMILES string of the molecule is C[C@@H]1[C@@H](O)[C@H](Oc2ccc3c(c2)CC[C@@H]2[C@@H]3CC[C@]3(C)C(=O)CC[C@@H]23)O[C@H](C(=O)O)[C@H]1O. The first kappa shape index (κ1) is 21.9. The van der Waals surface area contributed by atoms with Gasteiger partial charge < -0.3 is 24.8 Å². The summed E-state index contributed by atoms with van der Waals surface area (Å²) >= 11 is 0. The maximum Gasteiger partial charge on any atom is 0.335 e. The van der Waals surface area contributed by atoms with Crippen molar-refractivity contribution in [1.29, 1.82) is 0 Å². The second-order valence-electron chi connectivity index (χ2n) is 10.4. The fourth-order valence-corrected chi connectivity index (χ4v) is 6.87. The molecule has 3 aliphatic carbocycles.